The fraction of sp³-hybridized carbons (Fsp3) is 0.278. The lowest BCUT2D eigenvalue weighted by molar-refractivity contribution is -0.180. The summed E-state index contributed by atoms with van der Waals surface area (Å²) in [5.41, 5.74) is 2.59. The summed E-state index contributed by atoms with van der Waals surface area (Å²) in [5.74, 6) is -0.157. The molecule has 2 aliphatic heterocycles. The van der Waals surface area contributed by atoms with E-state index >= 15 is 0 Å². The van der Waals surface area contributed by atoms with Crippen molar-refractivity contribution in [3.05, 3.63) is 71.3 Å². The van der Waals surface area contributed by atoms with E-state index in [2.05, 4.69) is 12.1 Å². The highest BCUT2D eigenvalue weighted by Crippen LogP contribution is 2.49. The Hall–Kier alpha value is -2.13. The molecule has 4 rings (SSSR count). The van der Waals surface area contributed by atoms with Gasteiger partial charge in [-0.1, -0.05) is 54.6 Å². The van der Waals surface area contributed by atoms with E-state index < -0.39 is 11.6 Å². The maximum atomic E-state index is 12.2. The van der Waals surface area contributed by atoms with Gasteiger partial charge >= 0.3 is 0 Å². The molecular weight excluding hydrogens is 262 g/mol. The van der Waals surface area contributed by atoms with Crippen molar-refractivity contribution in [3.63, 3.8) is 0 Å². The number of nitrogens with zero attached hydrogens (tertiary/aromatic N) is 1. The van der Waals surface area contributed by atoms with Crippen LogP contribution in [0.3, 0.4) is 0 Å². The Morgan fingerprint density at radius 2 is 1.76 bits per heavy atom. The smallest absolute Gasteiger partial charge is 0.255 e. The molecule has 1 amide bonds. The average Bonchev–Trinajstić information content (AvgIpc) is 2.70. The van der Waals surface area contributed by atoms with Gasteiger partial charge in [-0.25, -0.2) is 0 Å². The molecule has 2 atom stereocenters. The number of rotatable bonds is 1. The molecule has 0 saturated carbocycles. The van der Waals surface area contributed by atoms with Crippen molar-refractivity contribution in [2.45, 2.75) is 24.5 Å². The summed E-state index contributed by atoms with van der Waals surface area (Å²) in [7, 11) is 0. The zero-order valence-corrected chi connectivity index (χ0v) is 11.7. The van der Waals surface area contributed by atoms with Crippen molar-refractivity contribution < 1.29 is 9.90 Å². The standard InChI is InChI=1S/C18H17NO2/c20-16-17(21)19-12-6-8-13-7-4-5-11-15(13)18(16,19)14-9-2-1-3-10-14/h1-5,7,9-11,16,20H,6,8,12H2. The zero-order valence-electron chi connectivity index (χ0n) is 11.7. The quantitative estimate of drug-likeness (QED) is 0.812. The van der Waals surface area contributed by atoms with Gasteiger partial charge in [0, 0.05) is 6.54 Å². The van der Waals surface area contributed by atoms with Gasteiger partial charge in [0.05, 0.1) is 0 Å². The Labute approximate surface area is 123 Å². The third kappa shape index (κ3) is 1.49. The van der Waals surface area contributed by atoms with Crippen molar-refractivity contribution in [1.29, 1.82) is 0 Å². The number of carbonyl (C=O) groups is 1. The summed E-state index contributed by atoms with van der Waals surface area (Å²) >= 11 is 0. The van der Waals surface area contributed by atoms with E-state index in [1.54, 1.807) is 0 Å². The molecule has 21 heavy (non-hydrogen) atoms. The van der Waals surface area contributed by atoms with Crippen molar-refractivity contribution in [3.8, 4) is 0 Å². The molecule has 1 fully saturated rings. The lowest BCUT2D eigenvalue weighted by atomic mass is 9.69. The van der Waals surface area contributed by atoms with E-state index in [4.69, 9.17) is 0 Å². The Morgan fingerprint density at radius 3 is 2.57 bits per heavy atom. The van der Waals surface area contributed by atoms with Gasteiger partial charge in [0.15, 0.2) is 6.10 Å². The molecule has 0 spiro atoms. The number of β-lactam (4-membered cyclic amide) rings is 1. The number of amides is 1. The number of aliphatic hydroxyl groups excluding tert-OH is 1. The third-order valence-corrected chi connectivity index (χ3v) is 4.79. The van der Waals surface area contributed by atoms with Crippen molar-refractivity contribution >= 4 is 5.91 Å². The van der Waals surface area contributed by atoms with Gasteiger partial charge < -0.3 is 10.0 Å². The van der Waals surface area contributed by atoms with Crippen molar-refractivity contribution in [2.75, 3.05) is 6.54 Å². The largest absolute Gasteiger partial charge is 0.380 e. The molecule has 2 unspecified atom stereocenters. The normalized spacial score (nSPS) is 27.4. The summed E-state index contributed by atoms with van der Waals surface area (Å²) in [6.07, 6.45) is 0.893. The topological polar surface area (TPSA) is 40.5 Å². The first kappa shape index (κ1) is 12.6. The summed E-state index contributed by atoms with van der Waals surface area (Å²) in [4.78, 5) is 14.1. The first-order chi connectivity index (χ1) is 10.3. The van der Waals surface area contributed by atoms with E-state index in [1.807, 2.05) is 47.4 Å². The predicted octanol–water partition coefficient (Wildman–Crippen LogP) is 2.08. The second kappa shape index (κ2) is 4.43. The summed E-state index contributed by atoms with van der Waals surface area (Å²) in [5, 5.41) is 10.6. The fourth-order valence-corrected chi connectivity index (χ4v) is 3.86. The molecule has 2 aromatic carbocycles. The lowest BCUT2D eigenvalue weighted by Gasteiger charge is -2.55. The number of hydrogen-bond acceptors (Lipinski definition) is 2. The van der Waals surface area contributed by atoms with Gasteiger partial charge in [0.1, 0.15) is 5.54 Å². The highest BCUT2D eigenvalue weighted by molar-refractivity contribution is 5.93. The molecule has 0 radical (unpaired) electrons. The van der Waals surface area contributed by atoms with Crippen LogP contribution in [-0.4, -0.2) is 28.6 Å². The molecule has 1 N–H and O–H groups in total. The number of aryl methyl sites for hydroxylation is 1. The van der Waals surface area contributed by atoms with Gasteiger partial charge in [-0.2, -0.15) is 0 Å². The Bertz CT molecular complexity index is 697. The first-order valence-electron chi connectivity index (χ1n) is 7.39. The second-order valence-electron chi connectivity index (χ2n) is 5.79. The fourth-order valence-electron chi connectivity index (χ4n) is 3.86. The lowest BCUT2D eigenvalue weighted by Crippen LogP contribution is -2.72. The Kier molecular flexibility index (Phi) is 2.66. The van der Waals surface area contributed by atoms with Gasteiger partial charge in [-0.3, -0.25) is 4.79 Å². The maximum Gasteiger partial charge on any atom is 0.255 e. The van der Waals surface area contributed by atoms with Gasteiger partial charge in [0.25, 0.3) is 5.91 Å². The molecule has 0 aromatic heterocycles. The van der Waals surface area contributed by atoms with Gasteiger partial charge in [-0.05, 0) is 29.5 Å². The predicted molar refractivity (Wildman–Crippen MR) is 79.7 cm³/mol. The molecule has 1 saturated heterocycles. The van der Waals surface area contributed by atoms with Crippen LogP contribution in [0.2, 0.25) is 0 Å². The molecule has 2 aromatic rings. The summed E-state index contributed by atoms with van der Waals surface area (Å²) < 4.78 is 0. The molecule has 2 aliphatic rings. The van der Waals surface area contributed by atoms with Crippen LogP contribution in [0, 0.1) is 0 Å². The molecular formula is C18H17NO2. The van der Waals surface area contributed by atoms with Crippen LogP contribution in [-0.2, 0) is 16.8 Å². The van der Waals surface area contributed by atoms with Gasteiger partial charge in [-0.15, -0.1) is 0 Å². The van der Waals surface area contributed by atoms with Crippen LogP contribution in [0.5, 0.6) is 0 Å². The number of aliphatic hydroxyl groups is 1. The van der Waals surface area contributed by atoms with Crippen LogP contribution in [0.15, 0.2) is 54.6 Å². The molecule has 0 aliphatic carbocycles. The van der Waals surface area contributed by atoms with Crippen molar-refractivity contribution in [1.82, 2.24) is 4.90 Å². The maximum absolute atomic E-state index is 12.2. The SMILES string of the molecule is O=C1C(O)C2(c3ccccc3)c3ccccc3CCCN12. The molecule has 0 bridgehead atoms. The number of benzene rings is 2. The Morgan fingerprint density at radius 1 is 1.05 bits per heavy atom. The summed E-state index contributed by atoms with van der Waals surface area (Å²) in [6.45, 7) is 0.694. The van der Waals surface area contributed by atoms with Crippen LogP contribution in [0.4, 0.5) is 0 Å². The van der Waals surface area contributed by atoms with Crippen molar-refractivity contribution in [2.24, 2.45) is 0 Å². The summed E-state index contributed by atoms with van der Waals surface area (Å²) in [6, 6.07) is 18.1. The minimum atomic E-state index is -0.987. The van der Waals surface area contributed by atoms with E-state index in [-0.39, 0.29) is 5.91 Å². The molecule has 106 valence electrons. The number of carbonyl (C=O) groups excluding carboxylic acids is 1. The zero-order chi connectivity index (χ0) is 14.4. The minimum Gasteiger partial charge on any atom is -0.380 e. The minimum absolute atomic E-state index is 0.157. The number of fused-ring (bicyclic) bond motifs is 3. The van der Waals surface area contributed by atoms with Crippen LogP contribution in [0.25, 0.3) is 0 Å². The van der Waals surface area contributed by atoms with E-state index in [1.165, 1.54) is 5.56 Å². The van der Waals surface area contributed by atoms with Crippen LogP contribution < -0.4 is 0 Å². The number of hydrogen-bond donors (Lipinski definition) is 1. The third-order valence-electron chi connectivity index (χ3n) is 4.79. The molecule has 2 heterocycles. The van der Waals surface area contributed by atoms with E-state index in [0.29, 0.717) is 6.54 Å². The Balaban J connectivity index is 2.01. The van der Waals surface area contributed by atoms with Crippen LogP contribution >= 0.6 is 0 Å². The first-order valence-corrected chi connectivity index (χ1v) is 7.39. The molecule has 3 heteroatoms. The monoisotopic (exact) mass is 279 g/mol. The van der Waals surface area contributed by atoms with Gasteiger partial charge in [0.2, 0.25) is 0 Å². The average molecular weight is 279 g/mol. The highest BCUT2D eigenvalue weighted by Gasteiger charge is 2.62. The van der Waals surface area contributed by atoms with Crippen LogP contribution in [0.1, 0.15) is 23.1 Å². The second-order valence-corrected chi connectivity index (χ2v) is 5.79. The van der Waals surface area contributed by atoms with E-state index in [0.717, 1.165) is 24.0 Å². The highest BCUT2D eigenvalue weighted by atomic mass is 16.3. The molecule has 3 nitrogen and oxygen atoms in total. The van der Waals surface area contributed by atoms with E-state index in [9.17, 15) is 9.90 Å².